The van der Waals surface area contributed by atoms with E-state index in [1.807, 2.05) is 0 Å². The number of aromatic nitrogens is 2. The Hall–Kier alpha value is -1.36. The van der Waals surface area contributed by atoms with Gasteiger partial charge in [-0.1, -0.05) is 15.9 Å². The summed E-state index contributed by atoms with van der Waals surface area (Å²) in [6.45, 7) is 0. The summed E-state index contributed by atoms with van der Waals surface area (Å²) < 4.78 is 13.7. The number of H-pyrrole nitrogens is 1. The lowest BCUT2D eigenvalue weighted by Gasteiger charge is -2.02. The molecule has 0 fully saturated rings. The van der Waals surface area contributed by atoms with Crippen molar-refractivity contribution in [1.29, 1.82) is 0 Å². The summed E-state index contributed by atoms with van der Waals surface area (Å²) in [7, 11) is 0. The molecule has 0 bridgehead atoms. The predicted molar refractivity (Wildman–Crippen MR) is 56.1 cm³/mol. The summed E-state index contributed by atoms with van der Waals surface area (Å²) in [4.78, 5) is 0. The molecule has 1 aromatic heterocycles. The highest BCUT2D eigenvalue weighted by atomic mass is 79.9. The number of hydrogen-bond donors (Lipinski definition) is 2. The molecule has 0 aliphatic rings. The Kier molecular flexibility index (Phi) is 2.25. The second kappa shape index (κ2) is 3.42. The van der Waals surface area contributed by atoms with Crippen LogP contribution in [0, 0.1) is 5.82 Å². The minimum Gasteiger partial charge on any atom is -0.396 e. The molecule has 0 unspecified atom stereocenters. The molecule has 3 N–H and O–H groups in total. The molecule has 72 valence electrons. The molecule has 0 aliphatic carbocycles. The number of aromatic amines is 1. The molecule has 0 spiro atoms. The Morgan fingerprint density at radius 1 is 1.43 bits per heavy atom. The Morgan fingerprint density at radius 3 is 2.86 bits per heavy atom. The van der Waals surface area contributed by atoms with E-state index >= 15 is 0 Å². The van der Waals surface area contributed by atoms with Crippen molar-refractivity contribution in [2.75, 3.05) is 5.73 Å². The molecule has 0 saturated heterocycles. The van der Waals surface area contributed by atoms with Crippen LogP contribution in [-0.2, 0) is 0 Å². The van der Waals surface area contributed by atoms with Crippen LogP contribution in [0.25, 0.3) is 11.3 Å². The molecule has 5 heteroatoms. The van der Waals surface area contributed by atoms with Gasteiger partial charge in [0.1, 0.15) is 5.82 Å². The van der Waals surface area contributed by atoms with E-state index in [0.29, 0.717) is 16.9 Å². The van der Waals surface area contributed by atoms with Gasteiger partial charge in [-0.2, -0.15) is 5.10 Å². The molecular formula is C9H7BrFN3. The first kappa shape index (κ1) is 9.21. The molecule has 0 atom stereocenters. The summed E-state index contributed by atoms with van der Waals surface area (Å²) in [6.07, 6.45) is 1.49. The van der Waals surface area contributed by atoms with E-state index in [9.17, 15) is 4.39 Å². The van der Waals surface area contributed by atoms with Crippen LogP contribution in [0.3, 0.4) is 0 Å². The van der Waals surface area contributed by atoms with Gasteiger partial charge < -0.3 is 5.73 Å². The maximum atomic E-state index is 13.0. The SMILES string of the molecule is Nc1cn[nH]c1-c1cc(F)ccc1Br. The van der Waals surface area contributed by atoms with Crippen LogP contribution in [0.1, 0.15) is 0 Å². The van der Waals surface area contributed by atoms with Gasteiger partial charge in [0, 0.05) is 10.0 Å². The van der Waals surface area contributed by atoms with Crippen molar-refractivity contribution < 1.29 is 4.39 Å². The summed E-state index contributed by atoms with van der Waals surface area (Å²) in [6, 6.07) is 4.40. The van der Waals surface area contributed by atoms with Crippen LogP contribution in [0.5, 0.6) is 0 Å². The first-order valence-electron chi connectivity index (χ1n) is 3.93. The minimum absolute atomic E-state index is 0.308. The normalized spacial score (nSPS) is 10.4. The van der Waals surface area contributed by atoms with Crippen molar-refractivity contribution >= 4 is 21.6 Å². The predicted octanol–water partition coefficient (Wildman–Crippen LogP) is 2.56. The third kappa shape index (κ3) is 1.50. The van der Waals surface area contributed by atoms with Gasteiger partial charge in [-0.15, -0.1) is 0 Å². The summed E-state index contributed by atoms with van der Waals surface area (Å²) >= 11 is 3.32. The van der Waals surface area contributed by atoms with Crippen LogP contribution >= 0.6 is 15.9 Å². The number of nitrogens with two attached hydrogens (primary N) is 1. The number of nitrogens with zero attached hydrogens (tertiary/aromatic N) is 1. The van der Waals surface area contributed by atoms with Gasteiger partial charge in [0.15, 0.2) is 0 Å². The molecule has 14 heavy (non-hydrogen) atoms. The molecule has 0 saturated carbocycles. The first-order chi connectivity index (χ1) is 6.68. The van der Waals surface area contributed by atoms with E-state index in [4.69, 9.17) is 5.73 Å². The highest BCUT2D eigenvalue weighted by molar-refractivity contribution is 9.10. The van der Waals surface area contributed by atoms with Gasteiger partial charge in [0.25, 0.3) is 0 Å². The highest BCUT2D eigenvalue weighted by Gasteiger charge is 2.09. The van der Waals surface area contributed by atoms with Crippen LogP contribution in [0.2, 0.25) is 0 Å². The van der Waals surface area contributed by atoms with Gasteiger partial charge >= 0.3 is 0 Å². The fourth-order valence-corrected chi connectivity index (χ4v) is 1.65. The van der Waals surface area contributed by atoms with Crippen molar-refractivity contribution in [2.24, 2.45) is 0 Å². The van der Waals surface area contributed by atoms with Gasteiger partial charge in [0.05, 0.1) is 17.6 Å². The zero-order chi connectivity index (χ0) is 10.1. The lowest BCUT2D eigenvalue weighted by atomic mass is 10.1. The Balaban J connectivity index is 2.62. The number of anilines is 1. The van der Waals surface area contributed by atoms with E-state index in [0.717, 1.165) is 4.47 Å². The molecule has 2 rings (SSSR count). The van der Waals surface area contributed by atoms with Crippen molar-refractivity contribution in [3.05, 3.63) is 34.7 Å². The number of nitrogens with one attached hydrogen (secondary N) is 1. The van der Waals surface area contributed by atoms with Gasteiger partial charge in [-0.25, -0.2) is 4.39 Å². The summed E-state index contributed by atoms with van der Waals surface area (Å²) in [5.41, 5.74) is 7.44. The molecule has 0 amide bonds. The lowest BCUT2D eigenvalue weighted by molar-refractivity contribution is 0.628. The third-order valence-electron chi connectivity index (χ3n) is 1.87. The largest absolute Gasteiger partial charge is 0.396 e. The Bertz CT molecular complexity index is 467. The molecule has 3 nitrogen and oxygen atoms in total. The van der Waals surface area contributed by atoms with Crippen LogP contribution < -0.4 is 5.73 Å². The fraction of sp³-hybridized carbons (Fsp3) is 0. The van der Waals surface area contributed by atoms with E-state index in [2.05, 4.69) is 26.1 Å². The zero-order valence-corrected chi connectivity index (χ0v) is 8.68. The van der Waals surface area contributed by atoms with Crippen LogP contribution in [0.4, 0.5) is 10.1 Å². The number of nitrogen functional groups attached to an aromatic ring is 1. The smallest absolute Gasteiger partial charge is 0.123 e. The Labute approximate surface area is 88.3 Å². The maximum Gasteiger partial charge on any atom is 0.123 e. The molecule has 1 aromatic carbocycles. The molecule has 0 aliphatic heterocycles. The van der Waals surface area contributed by atoms with Crippen LogP contribution in [-0.4, -0.2) is 10.2 Å². The highest BCUT2D eigenvalue weighted by Crippen LogP contribution is 2.30. The maximum absolute atomic E-state index is 13.0. The van der Waals surface area contributed by atoms with Crippen LogP contribution in [0.15, 0.2) is 28.9 Å². The standard InChI is InChI=1S/C9H7BrFN3/c10-7-2-1-5(11)3-6(7)9-8(12)4-13-14-9/h1-4H,12H2,(H,13,14). The van der Waals surface area contributed by atoms with Gasteiger partial charge in [0.2, 0.25) is 0 Å². The zero-order valence-electron chi connectivity index (χ0n) is 7.09. The third-order valence-corrected chi connectivity index (χ3v) is 2.56. The molecule has 1 heterocycles. The van der Waals surface area contributed by atoms with E-state index in [1.54, 1.807) is 6.07 Å². The Morgan fingerprint density at radius 2 is 2.21 bits per heavy atom. The second-order valence-corrected chi connectivity index (χ2v) is 3.68. The van der Waals surface area contributed by atoms with Gasteiger partial charge in [-0.05, 0) is 18.2 Å². The number of halogens is 2. The number of rotatable bonds is 1. The molecular weight excluding hydrogens is 249 g/mol. The van der Waals surface area contributed by atoms with E-state index in [-0.39, 0.29) is 5.82 Å². The number of benzene rings is 1. The topological polar surface area (TPSA) is 54.7 Å². The molecule has 2 aromatic rings. The summed E-state index contributed by atoms with van der Waals surface area (Å²) in [5, 5.41) is 6.49. The molecule has 0 radical (unpaired) electrons. The van der Waals surface area contributed by atoms with Gasteiger partial charge in [-0.3, -0.25) is 5.10 Å². The van der Waals surface area contributed by atoms with Crippen molar-refractivity contribution in [3.63, 3.8) is 0 Å². The van der Waals surface area contributed by atoms with Crippen molar-refractivity contribution in [3.8, 4) is 11.3 Å². The summed E-state index contributed by atoms with van der Waals surface area (Å²) in [5.74, 6) is -0.308. The first-order valence-corrected chi connectivity index (χ1v) is 4.72. The minimum atomic E-state index is -0.308. The monoisotopic (exact) mass is 255 g/mol. The second-order valence-electron chi connectivity index (χ2n) is 2.82. The van der Waals surface area contributed by atoms with E-state index in [1.165, 1.54) is 18.3 Å². The lowest BCUT2D eigenvalue weighted by Crippen LogP contribution is -1.88. The van der Waals surface area contributed by atoms with Crippen molar-refractivity contribution in [1.82, 2.24) is 10.2 Å². The average Bonchev–Trinajstić information content (AvgIpc) is 2.56. The van der Waals surface area contributed by atoms with E-state index < -0.39 is 0 Å². The quantitative estimate of drug-likeness (QED) is 0.823. The fourth-order valence-electron chi connectivity index (χ4n) is 1.20. The average molecular weight is 256 g/mol. The number of hydrogen-bond acceptors (Lipinski definition) is 2. The van der Waals surface area contributed by atoms with Crippen molar-refractivity contribution in [2.45, 2.75) is 0 Å².